The highest BCUT2D eigenvalue weighted by atomic mass is 16.5. The maximum atomic E-state index is 8.81. The molecule has 0 spiro atoms. The Morgan fingerprint density at radius 3 is 2.88 bits per heavy atom. The summed E-state index contributed by atoms with van der Waals surface area (Å²) in [5.74, 6) is 3.14. The van der Waals surface area contributed by atoms with Crippen molar-refractivity contribution in [2.45, 2.75) is 0 Å². The van der Waals surface area contributed by atoms with Crippen LogP contribution in [0.2, 0.25) is 0 Å². The van der Waals surface area contributed by atoms with Crippen molar-refractivity contribution in [1.82, 2.24) is 0 Å². The van der Waals surface area contributed by atoms with Gasteiger partial charge < -0.3 is 14.8 Å². The Kier molecular flexibility index (Phi) is 5.43. The number of terminal acetylenes is 1. The minimum Gasteiger partial charge on any atom is -0.489 e. The summed E-state index contributed by atoms with van der Waals surface area (Å²) in [5.41, 5.74) is 1.28. The monoisotopic (exact) mass is 230 g/mol. The summed E-state index contributed by atoms with van der Waals surface area (Å²) < 4.78 is 10.4. The first-order valence-electron chi connectivity index (χ1n) is 5.15. The second-order valence-electron chi connectivity index (χ2n) is 3.22. The quantitative estimate of drug-likeness (QED) is 0.596. The molecule has 0 fully saturated rings. The van der Waals surface area contributed by atoms with E-state index in [4.69, 9.17) is 21.2 Å². The molecular formula is C13H14N2O2. The number of nitrogens with zero attached hydrogens (tertiary/aromatic N) is 1. The molecule has 1 rings (SSSR count). The Hall–Kier alpha value is -2.17. The maximum Gasteiger partial charge on any atom is 0.142 e. The van der Waals surface area contributed by atoms with Gasteiger partial charge in [-0.2, -0.15) is 5.26 Å². The third-order valence-electron chi connectivity index (χ3n) is 2.03. The van der Waals surface area contributed by atoms with Crippen LogP contribution in [0, 0.1) is 23.7 Å². The number of benzene rings is 1. The van der Waals surface area contributed by atoms with Gasteiger partial charge in [0, 0.05) is 7.11 Å². The van der Waals surface area contributed by atoms with Crippen LogP contribution in [-0.2, 0) is 4.74 Å². The van der Waals surface area contributed by atoms with E-state index in [-0.39, 0.29) is 0 Å². The molecule has 0 radical (unpaired) electrons. The van der Waals surface area contributed by atoms with Gasteiger partial charge in [0.1, 0.15) is 12.4 Å². The van der Waals surface area contributed by atoms with Crippen molar-refractivity contribution >= 4 is 5.69 Å². The summed E-state index contributed by atoms with van der Waals surface area (Å²) in [7, 11) is 1.61. The van der Waals surface area contributed by atoms with Gasteiger partial charge in [-0.05, 0) is 18.2 Å². The van der Waals surface area contributed by atoms with Crippen LogP contribution in [0.4, 0.5) is 5.69 Å². The number of anilines is 1. The third kappa shape index (κ3) is 4.06. The molecule has 0 saturated carbocycles. The molecule has 0 aliphatic heterocycles. The highest BCUT2D eigenvalue weighted by Crippen LogP contribution is 2.25. The predicted octanol–water partition coefficient (Wildman–Crippen LogP) is 1.63. The lowest BCUT2D eigenvalue weighted by Gasteiger charge is -2.12. The minimum absolute atomic E-state index is 0.384. The van der Waals surface area contributed by atoms with Crippen LogP contribution in [0.25, 0.3) is 0 Å². The van der Waals surface area contributed by atoms with Gasteiger partial charge in [-0.15, -0.1) is 6.42 Å². The normalized spacial score (nSPS) is 9.12. The van der Waals surface area contributed by atoms with Gasteiger partial charge in [0.25, 0.3) is 0 Å². The first-order valence-corrected chi connectivity index (χ1v) is 5.15. The van der Waals surface area contributed by atoms with E-state index in [0.717, 1.165) is 5.69 Å². The highest BCUT2D eigenvalue weighted by Gasteiger charge is 2.04. The fourth-order valence-electron chi connectivity index (χ4n) is 1.24. The molecule has 0 unspecified atom stereocenters. The van der Waals surface area contributed by atoms with Crippen LogP contribution in [0.15, 0.2) is 18.2 Å². The first-order chi connectivity index (χ1) is 8.31. The minimum atomic E-state index is 0.384. The number of hydrogen-bond donors (Lipinski definition) is 1. The lowest BCUT2D eigenvalue weighted by Crippen LogP contribution is -2.07. The topological polar surface area (TPSA) is 54.3 Å². The van der Waals surface area contributed by atoms with E-state index in [0.29, 0.717) is 31.1 Å². The van der Waals surface area contributed by atoms with Crippen LogP contribution in [0.5, 0.6) is 5.75 Å². The molecule has 0 aromatic heterocycles. The van der Waals surface area contributed by atoms with Crippen molar-refractivity contribution < 1.29 is 9.47 Å². The van der Waals surface area contributed by atoms with E-state index in [2.05, 4.69) is 17.3 Å². The molecule has 17 heavy (non-hydrogen) atoms. The molecule has 0 atom stereocenters. The summed E-state index contributed by atoms with van der Waals surface area (Å²) in [6.07, 6.45) is 5.18. The lowest BCUT2D eigenvalue weighted by atomic mass is 10.2. The van der Waals surface area contributed by atoms with Gasteiger partial charge in [-0.3, -0.25) is 0 Å². The molecule has 88 valence electrons. The number of nitrogens with one attached hydrogen (secondary N) is 1. The average Bonchev–Trinajstić information content (AvgIpc) is 2.37. The third-order valence-corrected chi connectivity index (χ3v) is 2.03. The van der Waals surface area contributed by atoms with Crippen molar-refractivity contribution in [2.75, 3.05) is 32.2 Å². The van der Waals surface area contributed by atoms with Crippen molar-refractivity contribution in [3.05, 3.63) is 23.8 Å². The zero-order chi connectivity index (χ0) is 12.5. The molecule has 0 saturated heterocycles. The van der Waals surface area contributed by atoms with Crippen LogP contribution in [-0.4, -0.2) is 26.9 Å². The largest absolute Gasteiger partial charge is 0.489 e. The predicted molar refractivity (Wildman–Crippen MR) is 65.9 cm³/mol. The van der Waals surface area contributed by atoms with E-state index >= 15 is 0 Å². The van der Waals surface area contributed by atoms with Crippen LogP contribution < -0.4 is 10.1 Å². The lowest BCUT2D eigenvalue weighted by molar-refractivity contribution is 0.146. The van der Waals surface area contributed by atoms with Gasteiger partial charge in [-0.25, -0.2) is 0 Å². The van der Waals surface area contributed by atoms with Gasteiger partial charge in [0.2, 0.25) is 0 Å². The van der Waals surface area contributed by atoms with E-state index in [1.807, 2.05) is 0 Å². The van der Waals surface area contributed by atoms with Gasteiger partial charge in [-0.1, -0.05) is 5.92 Å². The van der Waals surface area contributed by atoms with Gasteiger partial charge >= 0.3 is 0 Å². The van der Waals surface area contributed by atoms with Gasteiger partial charge in [0.15, 0.2) is 0 Å². The summed E-state index contributed by atoms with van der Waals surface area (Å²) in [6.45, 7) is 1.34. The summed E-state index contributed by atoms with van der Waals surface area (Å²) in [6, 6.07) is 7.21. The fraction of sp³-hybridized carbons (Fsp3) is 0.308. The molecule has 4 heteroatoms. The van der Waals surface area contributed by atoms with Crippen molar-refractivity contribution in [2.24, 2.45) is 0 Å². The van der Waals surface area contributed by atoms with Crippen LogP contribution in [0.1, 0.15) is 5.56 Å². The second-order valence-corrected chi connectivity index (χ2v) is 3.22. The van der Waals surface area contributed by atoms with E-state index in [9.17, 15) is 0 Å². The number of methoxy groups -OCH3 is 1. The Labute approximate surface area is 101 Å². The summed E-state index contributed by atoms with van der Waals surface area (Å²) in [5, 5.41) is 11.8. The smallest absolute Gasteiger partial charge is 0.142 e. The SMILES string of the molecule is C#CCNc1cc(C#N)ccc1OCCOC. The molecule has 0 heterocycles. The fourth-order valence-corrected chi connectivity index (χ4v) is 1.24. The van der Waals surface area contributed by atoms with Crippen LogP contribution in [0.3, 0.4) is 0 Å². The average molecular weight is 230 g/mol. The molecule has 0 amide bonds. The Morgan fingerprint density at radius 2 is 2.24 bits per heavy atom. The van der Waals surface area contributed by atoms with E-state index in [1.54, 1.807) is 25.3 Å². The zero-order valence-electron chi connectivity index (χ0n) is 9.69. The Balaban J connectivity index is 2.79. The molecule has 4 nitrogen and oxygen atoms in total. The van der Waals surface area contributed by atoms with Crippen molar-refractivity contribution in [3.63, 3.8) is 0 Å². The standard InChI is InChI=1S/C13H14N2O2/c1-3-6-15-12-9-11(10-14)4-5-13(12)17-8-7-16-2/h1,4-5,9,15H,6-8H2,2H3. The van der Waals surface area contributed by atoms with Crippen molar-refractivity contribution in [3.8, 4) is 24.2 Å². The maximum absolute atomic E-state index is 8.81. The van der Waals surface area contributed by atoms with Gasteiger partial charge in [0.05, 0.1) is 30.5 Å². The zero-order valence-corrected chi connectivity index (χ0v) is 9.69. The van der Waals surface area contributed by atoms with Crippen LogP contribution >= 0.6 is 0 Å². The Morgan fingerprint density at radius 1 is 1.41 bits per heavy atom. The molecule has 0 bridgehead atoms. The molecule has 1 N–H and O–H groups in total. The number of nitriles is 1. The number of rotatable bonds is 6. The number of hydrogen-bond acceptors (Lipinski definition) is 4. The molecule has 0 aliphatic carbocycles. The number of ether oxygens (including phenoxy) is 2. The van der Waals surface area contributed by atoms with E-state index < -0.39 is 0 Å². The second kappa shape index (κ2) is 7.16. The summed E-state index contributed by atoms with van der Waals surface area (Å²) in [4.78, 5) is 0. The molecule has 1 aromatic carbocycles. The Bertz CT molecular complexity index is 444. The first kappa shape index (κ1) is 12.9. The molecular weight excluding hydrogens is 216 g/mol. The van der Waals surface area contributed by atoms with E-state index in [1.165, 1.54) is 0 Å². The molecule has 0 aliphatic rings. The molecule has 1 aromatic rings. The highest BCUT2D eigenvalue weighted by molar-refractivity contribution is 5.60. The summed E-state index contributed by atoms with van der Waals surface area (Å²) >= 11 is 0. The van der Waals surface area contributed by atoms with Crippen molar-refractivity contribution in [1.29, 1.82) is 5.26 Å².